The number of carboxylic acid groups (broad SMARTS) is 1. The molecule has 11 heavy (non-hydrogen) atoms. The molecule has 0 aliphatic carbocycles. The molecular formula is C7H13NO2S. The van der Waals surface area contributed by atoms with Gasteiger partial charge in [0, 0.05) is 11.2 Å². The minimum absolute atomic E-state index is 0.101. The zero-order chi connectivity index (χ0) is 8.32. The molecule has 4 heteroatoms. The number of carbonyl (C=O) groups is 1. The molecule has 0 aromatic rings. The molecule has 1 fully saturated rings. The van der Waals surface area contributed by atoms with Gasteiger partial charge in [0.2, 0.25) is 0 Å². The van der Waals surface area contributed by atoms with Crippen molar-refractivity contribution < 1.29 is 9.90 Å². The average Bonchev–Trinajstić information content (AvgIpc) is 2.36. The Morgan fingerprint density at radius 3 is 2.82 bits per heavy atom. The first kappa shape index (κ1) is 8.87. The van der Waals surface area contributed by atoms with E-state index >= 15 is 0 Å². The molecule has 0 bridgehead atoms. The topological polar surface area (TPSA) is 63.3 Å². The molecule has 1 rings (SSSR count). The maximum absolute atomic E-state index is 10.5. The van der Waals surface area contributed by atoms with Crippen molar-refractivity contribution in [3.63, 3.8) is 0 Å². The molecule has 1 aliphatic rings. The average molecular weight is 175 g/mol. The van der Waals surface area contributed by atoms with Crippen LogP contribution in [0.5, 0.6) is 0 Å². The fourth-order valence-corrected chi connectivity index (χ4v) is 2.86. The first-order valence-electron chi connectivity index (χ1n) is 3.68. The van der Waals surface area contributed by atoms with Crippen LogP contribution in [0.3, 0.4) is 0 Å². The van der Waals surface area contributed by atoms with Crippen LogP contribution in [-0.4, -0.2) is 29.1 Å². The molecule has 1 unspecified atom stereocenters. The number of aliphatic carboxylic acids is 1. The maximum atomic E-state index is 10.5. The summed E-state index contributed by atoms with van der Waals surface area (Å²) in [7, 11) is 0. The fraction of sp³-hybridized carbons (Fsp3) is 0.857. The van der Waals surface area contributed by atoms with Crippen LogP contribution < -0.4 is 5.73 Å². The van der Waals surface area contributed by atoms with Crippen molar-refractivity contribution in [1.82, 2.24) is 0 Å². The molecule has 0 radical (unpaired) electrons. The Kier molecular flexibility index (Phi) is 2.78. The number of rotatable bonds is 3. The molecule has 0 saturated carbocycles. The Bertz CT molecular complexity index is 155. The normalized spacial score (nSPS) is 30.6. The van der Waals surface area contributed by atoms with Crippen LogP contribution in [0, 0.1) is 5.41 Å². The highest BCUT2D eigenvalue weighted by molar-refractivity contribution is 7.99. The van der Waals surface area contributed by atoms with Gasteiger partial charge in [0.05, 0.1) is 6.42 Å². The Morgan fingerprint density at radius 1 is 1.73 bits per heavy atom. The van der Waals surface area contributed by atoms with Gasteiger partial charge in [-0.1, -0.05) is 0 Å². The molecule has 0 aromatic heterocycles. The van der Waals surface area contributed by atoms with Gasteiger partial charge in [0.1, 0.15) is 0 Å². The third-order valence-electron chi connectivity index (χ3n) is 2.14. The van der Waals surface area contributed by atoms with Gasteiger partial charge < -0.3 is 10.8 Å². The number of hydrogen-bond acceptors (Lipinski definition) is 3. The summed E-state index contributed by atoms with van der Waals surface area (Å²) in [6.07, 6.45) is 1.19. The standard InChI is InChI=1S/C7H13NO2S/c8-4-7(3-6(9)10)1-2-11-5-7/h1-5,8H2,(H,9,10). The SMILES string of the molecule is NCC1(CC(=O)O)CCSC1. The third kappa shape index (κ3) is 2.10. The lowest BCUT2D eigenvalue weighted by atomic mass is 9.84. The van der Waals surface area contributed by atoms with Crippen molar-refractivity contribution in [2.75, 3.05) is 18.1 Å². The highest BCUT2D eigenvalue weighted by Crippen LogP contribution is 2.37. The van der Waals surface area contributed by atoms with E-state index in [0.29, 0.717) is 6.54 Å². The zero-order valence-electron chi connectivity index (χ0n) is 6.38. The molecule has 1 heterocycles. The molecule has 0 amide bonds. The predicted octanol–water partition coefficient (Wildman–Crippen LogP) is 0.543. The minimum atomic E-state index is -0.724. The monoisotopic (exact) mass is 175 g/mol. The molecule has 3 N–H and O–H groups in total. The van der Waals surface area contributed by atoms with Crippen LogP contribution in [0.4, 0.5) is 0 Å². The highest BCUT2D eigenvalue weighted by atomic mass is 32.2. The second-order valence-corrected chi connectivity index (χ2v) is 4.18. The second kappa shape index (κ2) is 3.45. The van der Waals surface area contributed by atoms with Crippen molar-refractivity contribution in [3.05, 3.63) is 0 Å². The first-order valence-corrected chi connectivity index (χ1v) is 4.84. The molecular weight excluding hydrogens is 162 g/mol. The van der Waals surface area contributed by atoms with Crippen molar-refractivity contribution in [2.24, 2.45) is 11.1 Å². The smallest absolute Gasteiger partial charge is 0.303 e. The summed E-state index contributed by atoms with van der Waals surface area (Å²) in [6, 6.07) is 0. The van der Waals surface area contributed by atoms with Gasteiger partial charge in [-0.05, 0) is 18.7 Å². The van der Waals surface area contributed by atoms with Crippen LogP contribution >= 0.6 is 11.8 Å². The quantitative estimate of drug-likeness (QED) is 0.657. The van der Waals surface area contributed by atoms with Crippen molar-refractivity contribution >= 4 is 17.7 Å². The summed E-state index contributed by atoms with van der Waals surface area (Å²) in [5.74, 6) is 1.25. The number of nitrogens with two attached hydrogens (primary N) is 1. The summed E-state index contributed by atoms with van der Waals surface area (Å²) in [5.41, 5.74) is 5.44. The number of carboxylic acids is 1. The van der Waals surface area contributed by atoms with E-state index in [-0.39, 0.29) is 11.8 Å². The molecule has 3 nitrogen and oxygen atoms in total. The van der Waals surface area contributed by atoms with Crippen LogP contribution in [0.15, 0.2) is 0 Å². The van der Waals surface area contributed by atoms with Gasteiger partial charge in [-0.25, -0.2) is 0 Å². The Balaban J connectivity index is 2.52. The van der Waals surface area contributed by atoms with E-state index in [1.165, 1.54) is 0 Å². The minimum Gasteiger partial charge on any atom is -0.481 e. The molecule has 0 spiro atoms. The summed E-state index contributed by atoms with van der Waals surface area (Å²) in [5, 5.41) is 8.61. The lowest BCUT2D eigenvalue weighted by Crippen LogP contribution is -2.32. The van der Waals surface area contributed by atoms with E-state index < -0.39 is 5.97 Å². The molecule has 0 aromatic carbocycles. The summed E-state index contributed by atoms with van der Waals surface area (Å²) < 4.78 is 0. The van der Waals surface area contributed by atoms with E-state index in [1.54, 1.807) is 11.8 Å². The second-order valence-electron chi connectivity index (χ2n) is 3.08. The van der Waals surface area contributed by atoms with E-state index in [9.17, 15) is 4.79 Å². The van der Waals surface area contributed by atoms with Crippen LogP contribution in [-0.2, 0) is 4.79 Å². The van der Waals surface area contributed by atoms with Crippen molar-refractivity contribution in [3.8, 4) is 0 Å². The molecule has 1 aliphatic heterocycles. The lowest BCUT2D eigenvalue weighted by Gasteiger charge is -2.23. The van der Waals surface area contributed by atoms with Gasteiger partial charge in [-0.15, -0.1) is 0 Å². The van der Waals surface area contributed by atoms with Crippen LogP contribution in [0.2, 0.25) is 0 Å². The predicted molar refractivity (Wildman–Crippen MR) is 45.7 cm³/mol. The van der Waals surface area contributed by atoms with E-state index in [2.05, 4.69) is 0 Å². The van der Waals surface area contributed by atoms with E-state index in [0.717, 1.165) is 17.9 Å². The Labute approximate surface area is 70.3 Å². The first-order chi connectivity index (χ1) is 5.18. The fourth-order valence-electron chi connectivity index (χ4n) is 1.34. The zero-order valence-corrected chi connectivity index (χ0v) is 7.19. The summed E-state index contributed by atoms with van der Waals surface area (Å²) in [4.78, 5) is 10.5. The summed E-state index contributed by atoms with van der Waals surface area (Å²) >= 11 is 1.80. The van der Waals surface area contributed by atoms with Crippen LogP contribution in [0.25, 0.3) is 0 Å². The summed E-state index contributed by atoms with van der Waals surface area (Å²) in [6.45, 7) is 0.506. The van der Waals surface area contributed by atoms with Crippen molar-refractivity contribution in [1.29, 1.82) is 0 Å². The Hall–Kier alpha value is -0.220. The highest BCUT2D eigenvalue weighted by Gasteiger charge is 2.35. The van der Waals surface area contributed by atoms with Crippen molar-refractivity contribution in [2.45, 2.75) is 12.8 Å². The van der Waals surface area contributed by atoms with E-state index in [1.807, 2.05) is 0 Å². The number of thioether (sulfide) groups is 1. The van der Waals surface area contributed by atoms with Gasteiger partial charge in [-0.3, -0.25) is 4.79 Å². The number of hydrogen-bond donors (Lipinski definition) is 2. The maximum Gasteiger partial charge on any atom is 0.303 e. The van der Waals surface area contributed by atoms with Gasteiger partial charge >= 0.3 is 5.97 Å². The van der Waals surface area contributed by atoms with E-state index in [4.69, 9.17) is 10.8 Å². The molecule has 64 valence electrons. The van der Waals surface area contributed by atoms with Gasteiger partial charge in [0.25, 0.3) is 0 Å². The third-order valence-corrected chi connectivity index (χ3v) is 3.45. The Morgan fingerprint density at radius 2 is 2.45 bits per heavy atom. The van der Waals surface area contributed by atoms with Gasteiger partial charge in [-0.2, -0.15) is 11.8 Å². The molecule has 1 atom stereocenters. The largest absolute Gasteiger partial charge is 0.481 e. The van der Waals surface area contributed by atoms with Crippen LogP contribution in [0.1, 0.15) is 12.8 Å². The van der Waals surface area contributed by atoms with Gasteiger partial charge in [0.15, 0.2) is 0 Å². The lowest BCUT2D eigenvalue weighted by molar-refractivity contribution is -0.139. The molecule has 1 saturated heterocycles.